The minimum atomic E-state index is -4.39. The van der Waals surface area contributed by atoms with Crippen LogP contribution < -0.4 is 0 Å². The van der Waals surface area contributed by atoms with E-state index in [1.54, 1.807) is 0 Å². The molecule has 0 radical (unpaired) electrons. The topological polar surface area (TPSA) is 108 Å². The quantitative estimate of drug-likeness (QED) is 0.0211. The van der Waals surface area contributed by atoms with E-state index in [9.17, 15) is 19.0 Å². The number of ether oxygens (including phenoxy) is 2. The highest BCUT2D eigenvalue weighted by atomic mass is 31.2. The molecule has 0 spiro atoms. The molecule has 0 aromatic carbocycles. The van der Waals surface area contributed by atoms with Crippen LogP contribution in [-0.4, -0.2) is 74.9 Å². The minimum Gasteiger partial charge on any atom is -0.462 e. The number of carbonyl (C=O) groups excluding carboxylic acids is 2. The maximum absolute atomic E-state index is 12.8. The minimum absolute atomic E-state index is 0.0313. The van der Waals surface area contributed by atoms with Gasteiger partial charge in [-0.2, -0.15) is 0 Å². The molecule has 10 heteroatoms. The van der Waals surface area contributed by atoms with E-state index in [4.69, 9.17) is 18.5 Å². The molecule has 0 aliphatic carbocycles. The smallest absolute Gasteiger partial charge is 0.462 e. The van der Waals surface area contributed by atoms with Crippen molar-refractivity contribution < 1.29 is 42.1 Å². The third-order valence-corrected chi connectivity index (χ3v) is 14.6. The Morgan fingerprint density at radius 2 is 0.750 bits per heavy atom. The van der Waals surface area contributed by atoms with Crippen molar-refractivity contribution in [2.24, 2.45) is 0 Å². The third kappa shape index (κ3) is 57.5. The molecule has 0 heterocycles. The Bertz CT molecular complexity index is 1310. The number of phosphoric ester groups is 1. The Morgan fingerprint density at radius 1 is 0.431 bits per heavy atom. The molecule has 2 atom stereocenters. The summed E-state index contributed by atoms with van der Waals surface area (Å²) >= 11 is 0. The van der Waals surface area contributed by atoms with Crippen molar-refractivity contribution in [2.45, 2.75) is 302 Å². The predicted molar refractivity (Wildman–Crippen MR) is 307 cm³/mol. The molecule has 0 rings (SSSR count). The molecule has 0 aliphatic heterocycles. The van der Waals surface area contributed by atoms with Crippen molar-refractivity contribution in [2.75, 3.05) is 47.5 Å². The standard InChI is InChI=1S/C62H118NO8P/c1-6-8-10-12-14-16-18-20-22-24-25-26-27-28-29-30-31-32-33-34-35-36-37-39-40-42-44-46-48-50-52-54-61(64)68-58-60(59-70-72(66,67)69-57-56-63(3,4)5)71-62(65)55-53-51-49-47-45-43-41-38-23-21-19-17-15-13-11-9-7-2/h15,17,21,23-25,60H,6-14,16,18-20,22,26-59H2,1-5H3/p+1/b17-15-,23-21-,25-24-. The summed E-state index contributed by atoms with van der Waals surface area (Å²) in [6, 6.07) is 0. The van der Waals surface area contributed by atoms with Gasteiger partial charge in [-0.05, 0) is 70.6 Å². The lowest BCUT2D eigenvalue weighted by Gasteiger charge is -2.24. The van der Waals surface area contributed by atoms with Gasteiger partial charge >= 0.3 is 19.8 Å². The highest BCUT2D eigenvalue weighted by Crippen LogP contribution is 2.43. The zero-order valence-corrected chi connectivity index (χ0v) is 49.1. The van der Waals surface area contributed by atoms with Crippen molar-refractivity contribution in [1.29, 1.82) is 0 Å². The normalized spacial score (nSPS) is 13.5. The molecule has 9 nitrogen and oxygen atoms in total. The van der Waals surface area contributed by atoms with Crippen LogP contribution in [0.25, 0.3) is 0 Å². The molecular formula is C62H119NO8P+. The first kappa shape index (κ1) is 70.2. The number of esters is 2. The van der Waals surface area contributed by atoms with E-state index >= 15 is 0 Å². The monoisotopic (exact) mass is 1040 g/mol. The maximum Gasteiger partial charge on any atom is 0.472 e. The fraction of sp³-hybridized carbons (Fsp3) is 0.871. The number of hydrogen-bond acceptors (Lipinski definition) is 7. The second kappa shape index (κ2) is 54.0. The van der Waals surface area contributed by atoms with Gasteiger partial charge in [-0.15, -0.1) is 0 Å². The number of rotatable bonds is 57. The molecule has 72 heavy (non-hydrogen) atoms. The Morgan fingerprint density at radius 3 is 1.14 bits per heavy atom. The summed E-state index contributed by atoms with van der Waals surface area (Å²) in [5.74, 6) is -0.793. The SMILES string of the molecule is CCCCC/C=C\C/C=C\CCCCCCCCCC(=O)OC(COC(=O)CCCCCCCCCCCCCCCCCCCCC/C=C\CCCCCCCCCC)COP(=O)(O)OCC[N+](C)(C)C. The maximum atomic E-state index is 12.8. The lowest BCUT2D eigenvalue weighted by Crippen LogP contribution is -2.37. The van der Waals surface area contributed by atoms with Gasteiger partial charge in [0.25, 0.3) is 0 Å². The van der Waals surface area contributed by atoms with Gasteiger partial charge in [-0.25, -0.2) is 4.57 Å². The average Bonchev–Trinajstić information content (AvgIpc) is 3.34. The van der Waals surface area contributed by atoms with E-state index in [0.717, 1.165) is 51.4 Å². The Kier molecular flexibility index (Phi) is 52.7. The number of nitrogens with zero attached hydrogens (tertiary/aromatic N) is 1. The summed E-state index contributed by atoms with van der Waals surface area (Å²) in [5, 5.41) is 0. The lowest BCUT2D eigenvalue weighted by atomic mass is 10.0. The molecule has 0 bridgehead atoms. The lowest BCUT2D eigenvalue weighted by molar-refractivity contribution is -0.870. The van der Waals surface area contributed by atoms with Gasteiger partial charge in [0.2, 0.25) is 0 Å². The van der Waals surface area contributed by atoms with E-state index in [-0.39, 0.29) is 25.6 Å². The van der Waals surface area contributed by atoms with E-state index < -0.39 is 26.5 Å². The molecule has 0 amide bonds. The number of carbonyl (C=O) groups is 2. The Balaban J connectivity index is 4.02. The number of hydrogen-bond donors (Lipinski definition) is 1. The number of likely N-dealkylation sites (N-methyl/N-ethyl adjacent to an activating group) is 1. The highest BCUT2D eigenvalue weighted by Gasteiger charge is 2.27. The number of allylic oxidation sites excluding steroid dienone is 6. The molecule has 2 unspecified atom stereocenters. The number of unbranched alkanes of at least 4 members (excludes halogenated alkanes) is 37. The summed E-state index contributed by atoms with van der Waals surface area (Å²) < 4.78 is 34.6. The number of phosphoric acid groups is 1. The summed E-state index contributed by atoms with van der Waals surface area (Å²) in [6.45, 7) is 4.44. The molecule has 0 aliphatic rings. The predicted octanol–water partition coefficient (Wildman–Crippen LogP) is 19.2. The van der Waals surface area contributed by atoms with Crippen molar-refractivity contribution in [1.82, 2.24) is 0 Å². The molecule has 0 aromatic heterocycles. The van der Waals surface area contributed by atoms with Gasteiger partial charge < -0.3 is 18.9 Å². The van der Waals surface area contributed by atoms with Crippen LogP contribution in [0.4, 0.5) is 0 Å². The second-order valence-electron chi connectivity index (χ2n) is 22.1. The zero-order chi connectivity index (χ0) is 52.7. The molecular weight excluding hydrogens is 918 g/mol. The van der Waals surface area contributed by atoms with Crippen molar-refractivity contribution in [3.05, 3.63) is 36.5 Å². The van der Waals surface area contributed by atoms with Crippen molar-refractivity contribution in [3.63, 3.8) is 0 Å². The van der Waals surface area contributed by atoms with E-state index in [1.165, 1.54) is 212 Å². The van der Waals surface area contributed by atoms with Crippen LogP contribution in [0.2, 0.25) is 0 Å². The Labute approximate surface area is 446 Å². The van der Waals surface area contributed by atoms with E-state index in [2.05, 4.69) is 50.3 Å². The summed E-state index contributed by atoms with van der Waals surface area (Å²) in [7, 11) is 1.48. The van der Waals surface area contributed by atoms with Gasteiger partial charge in [-0.3, -0.25) is 18.6 Å². The van der Waals surface area contributed by atoms with Crippen LogP contribution in [0, 0.1) is 0 Å². The van der Waals surface area contributed by atoms with Crippen LogP contribution >= 0.6 is 7.82 Å². The van der Waals surface area contributed by atoms with E-state index in [0.29, 0.717) is 23.9 Å². The fourth-order valence-electron chi connectivity index (χ4n) is 8.87. The van der Waals surface area contributed by atoms with Crippen molar-refractivity contribution in [3.8, 4) is 0 Å². The Hall–Kier alpha value is -1.77. The first-order valence-electron chi connectivity index (χ1n) is 30.7. The van der Waals surface area contributed by atoms with Crippen LogP contribution in [0.3, 0.4) is 0 Å². The fourth-order valence-corrected chi connectivity index (χ4v) is 9.61. The summed E-state index contributed by atoms with van der Waals surface area (Å²) in [4.78, 5) is 35.7. The second-order valence-corrected chi connectivity index (χ2v) is 23.5. The van der Waals surface area contributed by atoms with Crippen LogP contribution in [0.5, 0.6) is 0 Å². The molecule has 0 saturated heterocycles. The summed E-state index contributed by atoms with van der Waals surface area (Å²) in [5.41, 5.74) is 0. The van der Waals surface area contributed by atoms with Gasteiger partial charge in [0.05, 0.1) is 27.7 Å². The average molecular weight is 1040 g/mol. The first-order valence-corrected chi connectivity index (χ1v) is 32.2. The third-order valence-electron chi connectivity index (χ3n) is 13.6. The van der Waals surface area contributed by atoms with E-state index in [1.807, 2.05) is 21.1 Å². The van der Waals surface area contributed by atoms with Crippen LogP contribution in [0.1, 0.15) is 296 Å². The molecule has 0 aromatic rings. The molecule has 424 valence electrons. The molecule has 1 N–H and O–H groups in total. The largest absolute Gasteiger partial charge is 0.472 e. The molecule has 0 saturated carbocycles. The highest BCUT2D eigenvalue weighted by molar-refractivity contribution is 7.47. The van der Waals surface area contributed by atoms with Crippen LogP contribution in [0.15, 0.2) is 36.5 Å². The van der Waals surface area contributed by atoms with Gasteiger partial charge in [0.15, 0.2) is 6.10 Å². The molecule has 0 fully saturated rings. The van der Waals surface area contributed by atoms with Gasteiger partial charge in [0, 0.05) is 12.8 Å². The zero-order valence-electron chi connectivity index (χ0n) is 48.2. The van der Waals surface area contributed by atoms with Gasteiger partial charge in [-0.1, -0.05) is 249 Å². The van der Waals surface area contributed by atoms with Crippen molar-refractivity contribution >= 4 is 19.8 Å². The number of quaternary nitrogens is 1. The van der Waals surface area contributed by atoms with Crippen LogP contribution in [-0.2, 0) is 32.7 Å². The summed E-state index contributed by atoms with van der Waals surface area (Å²) in [6.07, 6.45) is 66.6. The first-order chi connectivity index (χ1) is 35.0. The van der Waals surface area contributed by atoms with Gasteiger partial charge in [0.1, 0.15) is 19.8 Å².